The Balaban J connectivity index is 1.84. The second kappa shape index (κ2) is 6.92. The van der Waals surface area contributed by atoms with Crippen molar-refractivity contribution in [3.63, 3.8) is 0 Å². The molecular weight excluding hydrogens is 320 g/mol. The van der Waals surface area contributed by atoms with Crippen LogP contribution < -0.4 is 0 Å². The summed E-state index contributed by atoms with van der Waals surface area (Å²) in [5.74, 6) is -0.303. The molecule has 0 aliphatic carbocycles. The predicted octanol–water partition coefficient (Wildman–Crippen LogP) is 3.80. The van der Waals surface area contributed by atoms with Crippen molar-refractivity contribution in [3.8, 4) is 0 Å². The molecule has 0 fully saturated rings. The fourth-order valence-electron chi connectivity index (χ4n) is 2.36. The van der Waals surface area contributed by atoms with Gasteiger partial charge in [0.25, 0.3) is 5.69 Å². The molecule has 0 aromatic heterocycles. The molecule has 0 bridgehead atoms. The van der Waals surface area contributed by atoms with E-state index < -0.39 is 10.9 Å². The minimum absolute atomic E-state index is 0.00454. The number of rotatable bonds is 4. The second-order valence-electron chi connectivity index (χ2n) is 5.40. The predicted molar refractivity (Wildman–Crippen MR) is 94.0 cm³/mol. The van der Waals surface area contributed by atoms with Gasteiger partial charge in [-0.25, -0.2) is 9.79 Å². The lowest BCUT2D eigenvalue weighted by Gasteiger charge is -1.99. The third-order valence-electron chi connectivity index (χ3n) is 3.55. The lowest BCUT2D eigenvalue weighted by molar-refractivity contribution is -0.385. The van der Waals surface area contributed by atoms with Crippen LogP contribution in [0, 0.1) is 17.0 Å². The number of hydrogen-bond acceptors (Lipinski definition) is 5. The average molecular weight is 334 g/mol. The van der Waals surface area contributed by atoms with Gasteiger partial charge in [0.05, 0.1) is 10.5 Å². The number of cyclic esters (lactones) is 1. The minimum Gasteiger partial charge on any atom is -0.402 e. The summed E-state index contributed by atoms with van der Waals surface area (Å²) in [5.41, 5.74) is 2.34. The summed E-state index contributed by atoms with van der Waals surface area (Å²) in [5, 5.41) is 11.0. The molecule has 124 valence electrons. The van der Waals surface area contributed by atoms with E-state index in [1.54, 1.807) is 30.4 Å². The van der Waals surface area contributed by atoms with Crippen LogP contribution in [0.25, 0.3) is 6.08 Å². The van der Waals surface area contributed by atoms with Crippen LogP contribution in [0.1, 0.15) is 16.7 Å². The smallest absolute Gasteiger partial charge is 0.363 e. The molecule has 25 heavy (non-hydrogen) atoms. The Bertz CT molecular complexity index is 942. The van der Waals surface area contributed by atoms with Crippen molar-refractivity contribution < 1.29 is 14.5 Å². The van der Waals surface area contributed by atoms with E-state index in [1.165, 1.54) is 12.1 Å². The monoisotopic (exact) mass is 334 g/mol. The van der Waals surface area contributed by atoms with E-state index in [1.807, 2.05) is 31.2 Å². The number of hydrogen-bond donors (Lipinski definition) is 0. The normalized spacial score (nSPS) is 15.5. The third kappa shape index (κ3) is 3.69. The van der Waals surface area contributed by atoms with E-state index in [4.69, 9.17) is 4.74 Å². The standard InChI is InChI=1S/C19H14N2O4/c1-13-6-4-9-15(12-13)18-20-16(19(22)25-18)10-5-8-14-7-2-3-11-17(14)21(23)24/h2-12H,1H3/b8-5-,16-10+. The number of carbonyl (C=O) groups is 1. The fraction of sp³-hybridized carbons (Fsp3) is 0.0526. The molecule has 6 nitrogen and oxygen atoms in total. The maximum absolute atomic E-state index is 11.9. The molecule has 1 heterocycles. The molecule has 3 rings (SSSR count). The molecule has 0 amide bonds. The number of carbonyl (C=O) groups excluding carboxylic acids is 1. The van der Waals surface area contributed by atoms with E-state index >= 15 is 0 Å². The van der Waals surface area contributed by atoms with Crippen molar-refractivity contribution in [2.75, 3.05) is 0 Å². The van der Waals surface area contributed by atoms with Crippen molar-refractivity contribution in [2.24, 2.45) is 4.99 Å². The topological polar surface area (TPSA) is 81.8 Å². The molecule has 0 saturated carbocycles. The first kappa shape index (κ1) is 16.3. The van der Waals surface area contributed by atoms with Gasteiger partial charge in [-0.2, -0.15) is 0 Å². The first-order chi connectivity index (χ1) is 12.0. The highest BCUT2D eigenvalue weighted by molar-refractivity contribution is 6.11. The zero-order valence-electron chi connectivity index (χ0n) is 13.4. The molecule has 0 spiro atoms. The maximum Gasteiger partial charge on any atom is 0.363 e. The Morgan fingerprint density at radius 1 is 1.16 bits per heavy atom. The summed E-state index contributed by atoms with van der Waals surface area (Å²) in [6.45, 7) is 1.94. The van der Waals surface area contributed by atoms with Crippen molar-refractivity contribution in [1.82, 2.24) is 0 Å². The highest BCUT2D eigenvalue weighted by Crippen LogP contribution is 2.20. The van der Waals surface area contributed by atoms with Crippen molar-refractivity contribution in [2.45, 2.75) is 6.92 Å². The van der Waals surface area contributed by atoms with Crippen LogP contribution in [-0.4, -0.2) is 16.8 Å². The number of nitro benzene ring substituents is 1. The Kier molecular flexibility index (Phi) is 4.52. The number of allylic oxidation sites excluding steroid dienone is 2. The molecule has 0 unspecified atom stereocenters. The highest BCUT2D eigenvalue weighted by atomic mass is 16.6. The van der Waals surface area contributed by atoms with Gasteiger partial charge in [-0.05, 0) is 37.3 Å². The molecule has 0 atom stereocenters. The van der Waals surface area contributed by atoms with Gasteiger partial charge in [0.1, 0.15) is 0 Å². The van der Waals surface area contributed by atoms with Gasteiger partial charge in [-0.3, -0.25) is 10.1 Å². The van der Waals surface area contributed by atoms with Crippen LogP contribution in [0.3, 0.4) is 0 Å². The number of aliphatic imine (C=N–C) groups is 1. The minimum atomic E-state index is -0.552. The van der Waals surface area contributed by atoms with Crippen LogP contribution in [0.4, 0.5) is 5.69 Å². The molecule has 0 N–H and O–H groups in total. The SMILES string of the molecule is Cc1cccc(C2=N/C(=C/C=C\c3ccccc3[N+](=O)[O-])C(=O)O2)c1. The number of esters is 1. The Morgan fingerprint density at radius 2 is 1.96 bits per heavy atom. The average Bonchev–Trinajstić information content (AvgIpc) is 2.96. The van der Waals surface area contributed by atoms with Gasteiger partial charge in [-0.1, -0.05) is 35.9 Å². The van der Waals surface area contributed by atoms with E-state index in [0.717, 1.165) is 11.1 Å². The lowest BCUT2D eigenvalue weighted by atomic mass is 10.1. The van der Waals surface area contributed by atoms with E-state index in [-0.39, 0.29) is 17.3 Å². The number of aryl methyl sites for hydroxylation is 1. The van der Waals surface area contributed by atoms with E-state index in [9.17, 15) is 14.9 Å². The first-order valence-electron chi connectivity index (χ1n) is 7.54. The Hall–Kier alpha value is -3.54. The number of nitrogens with zero attached hydrogens (tertiary/aromatic N) is 2. The number of ether oxygens (including phenoxy) is 1. The first-order valence-corrected chi connectivity index (χ1v) is 7.54. The van der Waals surface area contributed by atoms with Crippen molar-refractivity contribution in [1.29, 1.82) is 0 Å². The largest absolute Gasteiger partial charge is 0.402 e. The number of nitro groups is 1. The summed E-state index contributed by atoms with van der Waals surface area (Å²) in [6, 6.07) is 13.8. The van der Waals surface area contributed by atoms with Crippen molar-refractivity contribution in [3.05, 3.63) is 93.2 Å². The van der Waals surface area contributed by atoms with Crippen LogP contribution in [-0.2, 0) is 9.53 Å². The summed E-state index contributed by atoms with van der Waals surface area (Å²) in [4.78, 5) is 26.6. The molecular formula is C19H14N2O4. The molecule has 0 saturated heterocycles. The molecule has 2 aromatic rings. The van der Waals surface area contributed by atoms with E-state index in [2.05, 4.69) is 4.99 Å². The summed E-state index contributed by atoms with van der Waals surface area (Å²) >= 11 is 0. The highest BCUT2D eigenvalue weighted by Gasteiger charge is 2.23. The quantitative estimate of drug-likeness (QED) is 0.368. The Morgan fingerprint density at radius 3 is 2.72 bits per heavy atom. The van der Waals surface area contributed by atoms with Crippen molar-refractivity contribution >= 4 is 23.6 Å². The molecule has 1 aliphatic rings. The van der Waals surface area contributed by atoms with Crippen LogP contribution in [0.2, 0.25) is 0 Å². The van der Waals surface area contributed by atoms with Gasteiger partial charge >= 0.3 is 5.97 Å². The fourth-order valence-corrected chi connectivity index (χ4v) is 2.36. The number of benzene rings is 2. The third-order valence-corrected chi connectivity index (χ3v) is 3.55. The zero-order valence-corrected chi connectivity index (χ0v) is 13.4. The molecule has 1 aliphatic heterocycles. The van der Waals surface area contributed by atoms with Crippen LogP contribution in [0.5, 0.6) is 0 Å². The van der Waals surface area contributed by atoms with Crippen LogP contribution >= 0.6 is 0 Å². The van der Waals surface area contributed by atoms with Crippen LogP contribution in [0.15, 0.2) is 71.4 Å². The molecule has 6 heteroatoms. The number of para-hydroxylation sites is 1. The molecule has 0 radical (unpaired) electrons. The van der Waals surface area contributed by atoms with E-state index in [0.29, 0.717) is 5.56 Å². The van der Waals surface area contributed by atoms with Gasteiger partial charge in [0.2, 0.25) is 5.90 Å². The second-order valence-corrected chi connectivity index (χ2v) is 5.40. The summed E-state index contributed by atoms with van der Waals surface area (Å²) in [6.07, 6.45) is 4.57. The lowest BCUT2D eigenvalue weighted by Crippen LogP contribution is -2.05. The van der Waals surface area contributed by atoms with Gasteiger partial charge in [0.15, 0.2) is 5.70 Å². The zero-order chi connectivity index (χ0) is 17.8. The summed E-state index contributed by atoms with van der Waals surface area (Å²) in [7, 11) is 0. The van der Waals surface area contributed by atoms with Gasteiger partial charge in [0, 0.05) is 11.6 Å². The van der Waals surface area contributed by atoms with Gasteiger partial charge in [-0.15, -0.1) is 0 Å². The maximum atomic E-state index is 11.9. The molecule has 2 aromatic carbocycles. The summed E-state index contributed by atoms with van der Waals surface area (Å²) < 4.78 is 5.18. The van der Waals surface area contributed by atoms with Gasteiger partial charge < -0.3 is 4.74 Å². The Labute approximate surface area is 143 Å².